The van der Waals surface area contributed by atoms with Crippen LogP contribution in [0.25, 0.3) is 0 Å². The minimum atomic E-state index is -3.50. The van der Waals surface area contributed by atoms with Crippen LogP contribution in [0.15, 0.2) is 0 Å². The van der Waals surface area contributed by atoms with Gasteiger partial charge in [-0.15, -0.1) is 0 Å². The molecule has 0 bridgehead atoms. The first kappa shape index (κ1) is 13.8. The lowest BCUT2D eigenvalue weighted by Crippen LogP contribution is -2.44. The molecule has 1 saturated heterocycles. The zero-order valence-corrected chi connectivity index (χ0v) is 11.5. The first-order chi connectivity index (χ1) is 8.47. The Kier molecular flexibility index (Phi) is 4.27. The summed E-state index contributed by atoms with van der Waals surface area (Å²) in [7, 11) is -3.50. The van der Waals surface area contributed by atoms with Crippen molar-refractivity contribution in [3.63, 3.8) is 0 Å². The highest BCUT2D eigenvalue weighted by atomic mass is 32.2. The summed E-state index contributed by atoms with van der Waals surface area (Å²) in [6.07, 6.45) is 7.00. The largest absolute Gasteiger partial charge is 0.338 e. The van der Waals surface area contributed by atoms with E-state index in [1.807, 2.05) is 0 Å². The van der Waals surface area contributed by atoms with E-state index in [9.17, 15) is 13.2 Å². The van der Waals surface area contributed by atoms with Crippen LogP contribution in [0.4, 0.5) is 0 Å². The van der Waals surface area contributed by atoms with Crippen molar-refractivity contribution in [2.24, 2.45) is 11.1 Å². The van der Waals surface area contributed by atoms with Crippen molar-refractivity contribution in [2.45, 2.75) is 51.0 Å². The number of sulfonamides is 1. The molecule has 1 aliphatic heterocycles. The van der Waals surface area contributed by atoms with Crippen LogP contribution in [0.2, 0.25) is 0 Å². The topological polar surface area (TPSA) is 80.5 Å². The Morgan fingerprint density at radius 2 is 1.78 bits per heavy atom. The Balaban J connectivity index is 1.99. The SMILES string of the molecule is NS(=O)(=O)C[C@H]1CCCN1C(=O)C1CCCCC1. The highest BCUT2D eigenvalue weighted by Gasteiger charge is 2.35. The van der Waals surface area contributed by atoms with Crippen LogP contribution < -0.4 is 5.14 Å². The average molecular weight is 274 g/mol. The molecule has 2 rings (SSSR count). The Morgan fingerprint density at radius 1 is 1.11 bits per heavy atom. The van der Waals surface area contributed by atoms with Gasteiger partial charge in [0.2, 0.25) is 15.9 Å². The second kappa shape index (κ2) is 5.57. The van der Waals surface area contributed by atoms with Gasteiger partial charge in [-0.3, -0.25) is 4.79 Å². The maximum Gasteiger partial charge on any atom is 0.225 e. The summed E-state index contributed by atoms with van der Waals surface area (Å²) in [6.45, 7) is 0.690. The van der Waals surface area contributed by atoms with Crippen LogP contribution in [-0.2, 0) is 14.8 Å². The third-order valence-corrected chi connectivity index (χ3v) is 4.89. The molecule has 0 radical (unpaired) electrons. The van der Waals surface area contributed by atoms with Gasteiger partial charge in [0.05, 0.1) is 5.75 Å². The molecule has 2 aliphatic rings. The fourth-order valence-electron chi connectivity index (χ4n) is 3.15. The van der Waals surface area contributed by atoms with E-state index < -0.39 is 10.0 Å². The first-order valence-electron chi connectivity index (χ1n) is 6.78. The Bertz CT molecular complexity index is 402. The molecule has 0 spiro atoms. The number of likely N-dealkylation sites (tertiary alicyclic amines) is 1. The number of carbonyl (C=O) groups excluding carboxylic acids is 1. The van der Waals surface area contributed by atoms with Gasteiger partial charge >= 0.3 is 0 Å². The Morgan fingerprint density at radius 3 is 2.39 bits per heavy atom. The molecule has 5 nitrogen and oxygen atoms in total. The molecule has 18 heavy (non-hydrogen) atoms. The molecule has 0 aromatic rings. The predicted molar refractivity (Wildman–Crippen MR) is 69.3 cm³/mol. The summed E-state index contributed by atoms with van der Waals surface area (Å²) >= 11 is 0. The van der Waals surface area contributed by atoms with Crippen molar-refractivity contribution in [1.29, 1.82) is 0 Å². The van der Waals surface area contributed by atoms with Gasteiger partial charge in [-0.05, 0) is 25.7 Å². The average Bonchev–Trinajstić information content (AvgIpc) is 2.75. The number of rotatable bonds is 3. The number of carbonyl (C=O) groups is 1. The van der Waals surface area contributed by atoms with Crippen molar-refractivity contribution in [3.8, 4) is 0 Å². The van der Waals surface area contributed by atoms with Crippen molar-refractivity contribution >= 4 is 15.9 Å². The summed E-state index contributed by atoms with van der Waals surface area (Å²) in [5.41, 5.74) is 0. The molecule has 104 valence electrons. The van der Waals surface area contributed by atoms with Gasteiger partial charge in [-0.2, -0.15) is 0 Å². The fraction of sp³-hybridized carbons (Fsp3) is 0.917. The van der Waals surface area contributed by atoms with Crippen LogP contribution in [0, 0.1) is 5.92 Å². The van der Waals surface area contributed by atoms with E-state index in [0.717, 1.165) is 38.5 Å². The van der Waals surface area contributed by atoms with E-state index in [1.165, 1.54) is 6.42 Å². The van der Waals surface area contributed by atoms with Gasteiger partial charge in [0.15, 0.2) is 0 Å². The predicted octanol–water partition coefficient (Wildman–Crippen LogP) is 0.846. The van der Waals surface area contributed by atoms with Crippen molar-refractivity contribution in [1.82, 2.24) is 4.90 Å². The molecular weight excluding hydrogens is 252 g/mol. The molecule has 0 aromatic heterocycles. The van der Waals surface area contributed by atoms with E-state index in [4.69, 9.17) is 5.14 Å². The second-order valence-corrected chi connectivity index (χ2v) is 7.15. The van der Waals surface area contributed by atoms with Crippen LogP contribution in [0.1, 0.15) is 44.9 Å². The molecule has 1 aliphatic carbocycles. The second-order valence-electron chi connectivity index (χ2n) is 5.49. The van der Waals surface area contributed by atoms with Crippen molar-refractivity contribution < 1.29 is 13.2 Å². The summed E-state index contributed by atoms with van der Waals surface area (Å²) < 4.78 is 22.3. The lowest BCUT2D eigenvalue weighted by atomic mass is 9.88. The maximum atomic E-state index is 12.4. The molecule has 0 unspecified atom stereocenters. The van der Waals surface area contributed by atoms with Crippen LogP contribution in [0.5, 0.6) is 0 Å². The number of hydrogen-bond acceptors (Lipinski definition) is 3. The molecule has 0 aromatic carbocycles. The van der Waals surface area contributed by atoms with E-state index in [2.05, 4.69) is 0 Å². The summed E-state index contributed by atoms with van der Waals surface area (Å²) in [5.74, 6) is 0.173. The van der Waals surface area contributed by atoms with Gasteiger partial charge in [0.1, 0.15) is 0 Å². The molecule has 2 N–H and O–H groups in total. The van der Waals surface area contributed by atoms with Gasteiger partial charge < -0.3 is 4.90 Å². The lowest BCUT2D eigenvalue weighted by molar-refractivity contribution is -0.137. The molecule has 1 atom stereocenters. The molecule has 1 saturated carbocycles. The van der Waals surface area contributed by atoms with Gasteiger partial charge in [-0.1, -0.05) is 19.3 Å². The van der Waals surface area contributed by atoms with E-state index >= 15 is 0 Å². The fourth-order valence-corrected chi connectivity index (χ4v) is 4.03. The number of amides is 1. The van der Waals surface area contributed by atoms with Crippen LogP contribution >= 0.6 is 0 Å². The standard InChI is InChI=1S/C12H22N2O3S/c13-18(16,17)9-11-7-4-8-14(11)12(15)10-5-2-1-3-6-10/h10-11H,1-9H2,(H2,13,16,17)/t11-/m1/s1. The molecule has 1 amide bonds. The first-order valence-corrected chi connectivity index (χ1v) is 8.50. The molecule has 1 heterocycles. The summed E-state index contributed by atoms with van der Waals surface area (Å²) in [4.78, 5) is 14.2. The van der Waals surface area contributed by atoms with E-state index in [1.54, 1.807) is 4.90 Å². The number of nitrogens with two attached hydrogens (primary N) is 1. The third-order valence-electron chi connectivity index (χ3n) is 4.04. The van der Waals surface area contributed by atoms with E-state index in [0.29, 0.717) is 6.54 Å². The zero-order valence-electron chi connectivity index (χ0n) is 10.7. The highest BCUT2D eigenvalue weighted by molar-refractivity contribution is 7.89. The quantitative estimate of drug-likeness (QED) is 0.828. The highest BCUT2D eigenvalue weighted by Crippen LogP contribution is 2.28. The summed E-state index contributed by atoms with van der Waals surface area (Å²) in [5, 5.41) is 5.09. The van der Waals surface area contributed by atoms with Gasteiger partial charge in [-0.25, -0.2) is 13.6 Å². The zero-order chi connectivity index (χ0) is 13.2. The molecular formula is C12H22N2O3S. The van der Waals surface area contributed by atoms with Gasteiger partial charge in [0, 0.05) is 18.5 Å². The smallest absolute Gasteiger partial charge is 0.225 e. The number of nitrogens with zero attached hydrogens (tertiary/aromatic N) is 1. The number of primary sulfonamides is 1. The monoisotopic (exact) mass is 274 g/mol. The Labute approximate surface area is 109 Å². The normalized spacial score (nSPS) is 26.5. The molecule has 6 heteroatoms. The van der Waals surface area contributed by atoms with Crippen LogP contribution in [0.3, 0.4) is 0 Å². The minimum Gasteiger partial charge on any atom is -0.338 e. The van der Waals surface area contributed by atoms with E-state index in [-0.39, 0.29) is 23.6 Å². The van der Waals surface area contributed by atoms with Crippen molar-refractivity contribution in [2.75, 3.05) is 12.3 Å². The number of hydrogen-bond donors (Lipinski definition) is 1. The minimum absolute atomic E-state index is 0.0918. The Hall–Kier alpha value is -0.620. The summed E-state index contributed by atoms with van der Waals surface area (Å²) in [6, 6.07) is -0.200. The molecule has 2 fully saturated rings. The van der Waals surface area contributed by atoms with Crippen LogP contribution in [-0.4, -0.2) is 37.6 Å². The third kappa shape index (κ3) is 3.45. The lowest BCUT2D eigenvalue weighted by Gasteiger charge is -2.30. The van der Waals surface area contributed by atoms with Crippen molar-refractivity contribution in [3.05, 3.63) is 0 Å². The maximum absolute atomic E-state index is 12.4. The van der Waals surface area contributed by atoms with Gasteiger partial charge in [0.25, 0.3) is 0 Å².